The van der Waals surface area contributed by atoms with Gasteiger partial charge in [-0.25, -0.2) is 15.2 Å². The Balaban J connectivity index is 1.06. The van der Waals surface area contributed by atoms with E-state index in [0.29, 0.717) is 70.1 Å². The summed E-state index contributed by atoms with van der Waals surface area (Å²) in [6, 6.07) is 7.44. The van der Waals surface area contributed by atoms with Gasteiger partial charge in [0.15, 0.2) is 0 Å². The van der Waals surface area contributed by atoms with E-state index in [-0.39, 0.29) is 42.4 Å². The number of benzene rings is 1. The second-order valence-electron chi connectivity index (χ2n) is 21.7. The number of methoxy groups -OCH3 is 1. The quantitative estimate of drug-likeness (QED) is 0.127. The third-order valence-corrected chi connectivity index (χ3v) is 15.8. The number of aryl methyl sites for hydroxylation is 1. The van der Waals surface area contributed by atoms with E-state index in [1.54, 1.807) is 31.3 Å². The lowest BCUT2D eigenvalue weighted by Crippen LogP contribution is -2.64. The number of hydrazine groups is 1. The summed E-state index contributed by atoms with van der Waals surface area (Å²) in [6.45, 7) is 16.3. The number of likely N-dealkylation sites (tertiary alicyclic amines) is 2. The van der Waals surface area contributed by atoms with Gasteiger partial charge >= 0.3 is 12.0 Å². The lowest BCUT2D eigenvalue weighted by molar-refractivity contribution is -0.155. The van der Waals surface area contributed by atoms with Crippen molar-refractivity contribution in [2.24, 2.45) is 16.7 Å². The molecule has 2 N–H and O–H groups in total. The zero-order valence-electron chi connectivity index (χ0n) is 43.8. The number of nitrogens with one attached hydrogen (secondary N) is 2. The summed E-state index contributed by atoms with van der Waals surface area (Å²) in [6.07, 6.45) is 8.27. The zero-order valence-corrected chi connectivity index (χ0v) is 44.6. The van der Waals surface area contributed by atoms with Gasteiger partial charge in [-0.05, 0) is 95.8 Å². The van der Waals surface area contributed by atoms with Crippen LogP contribution in [0.25, 0.3) is 33.4 Å². The summed E-state index contributed by atoms with van der Waals surface area (Å²) in [7, 11) is 7.26. The van der Waals surface area contributed by atoms with Crippen LogP contribution in [0.3, 0.4) is 0 Å². The topological polar surface area (TPSA) is 175 Å². The van der Waals surface area contributed by atoms with Crippen LogP contribution in [0.4, 0.5) is 4.79 Å². The number of ether oxygens (including phenoxy) is 2. The molecule has 5 amide bonds. The highest BCUT2D eigenvalue weighted by Crippen LogP contribution is 2.43. The number of hydrogen-bond acceptors (Lipinski definition) is 12. The average Bonchev–Trinajstić information content (AvgIpc) is 3.95. The Morgan fingerprint density at radius 2 is 1.81 bits per heavy atom. The number of urea groups is 1. The van der Waals surface area contributed by atoms with Crippen LogP contribution in [0.5, 0.6) is 0 Å². The van der Waals surface area contributed by atoms with E-state index in [1.807, 2.05) is 62.2 Å². The van der Waals surface area contributed by atoms with Crippen molar-refractivity contribution in [3.05, 3.63) is 70.3 Å². The highest BCUT2D eigenvalue weighted by molar-refractivity contribution is 7.10. The van der Waals surface area contributed by atoms with Gasteiger partial charge in [0.2, 0.25) is 11.8 Å². The Kier molecular flexibility index (Phi) is 15.9. The van der Waals surface area contributed by atoms with Crippen LogP contribution in [0, 0.1) is 16.7 Å². The first-order chi connectivity index (χ1) is 34.3. The van der Waals surface area contributed by atoms with Crippen molar-refractivity contribution in [2.45, 2.75) is 111 Å². The monoisotopic (exact) mass is 1010 g/mol. The van der Waals surface area contributed by atoms with Crippen molar-refractivity contribution < 1.29 is 33.4 Å². The molecule has 17 nitrogen and oxygen atoms in total. The third-order valence-electron chi connectivity index (χ3n) is 15.0. The lowest BCUT2D eigenvalue weighted by atomic mass is 9.72. The van der Waals surface area contributed by atoms with Crippen LogP contribution in [0.15, 0.2) is 54.1 Å². The minimum absolute atomic E-state index is 0.0126. The van der Waals surface area contributed by atoms with Gasteiger partial charge in [-0.1, -0.05) is 39.8 Å². The van der Waals surface area contributed by atoms with Crippen molar-refractivity contribution >= 4 is 52.0 Å². The molecule has 4 aliphatic rings. The summed E-state index contributed by atoms with van der Waals surface area (Å²) >= 11 is 1.42. The molecule has 3 fully saturated rings. The van der Waals surface area contributed by atoms with Crippen molar-refractivity contribution in [2.75, 3.05) is 74.1 Å². The van der Waals surface area contributed by atoms with E-state index in [2.05, 4.69) is 60.3 Å². The molecule has 388 valence electrons. The Morgan fingerprint density at radius 3 is 2.50 bits per heavy atom. The van der Waals surface area contributed by atoms with Crippen molar-refractivity contribution in [3.8, 4) is 22.5 Å². The van der Waals surface area contributed by atoms with Gasteiger partial charge in [0.25, 0.3) is 5.91 Å². The molecule has 72 heavy (non-hydrogen) atoms. The SMILES string of the molecule is CCn1c(-c2cccnc2[C@H](C)OC)c2c3cc(ccc31)-c1csc(n1)C[C@H](NC(=O)C(C(C)C)N(C)C(=O)N1CCC3(CC1)CN(C(=O)/C=C/CN(C)C)C3)C(=O)N1CCC[C@H](N1)C(=O)OCC(C)(C)C2. The van der Waals surface area contributed by atoms with Gasteiger partial charge in [-0.2, -0.15) is 0 Å². The smallest absolute Gasteiger partial charge is 0.324 e. The number of carbonyl (C=O) groups is 5. The number of rotatable bonds is 11. The summed E-state index contributed by atoms with van der Waals surface area (Å²) in [5, 5.41) is 8.20. The molecular formula is C54H74N10O7S. The fourth-order valence-electron chi connectivity index (χ4n) is 11.0. The number of aromatic nitrogens is 3. The lowest BCUT2D eigenvalue weighted by Gasteiger charge is -2.54. The number of hydrogen-bond donors (Lipinski definition) is 2. The molecule has 6 bridgehead atoms. The molecule has 18 heteroatoms. The van der Waals surface area contributed by atoms with Gasteiger partial charge in [0.1, 0.15) is 18.1 Å². The molecular weight excluding hydrogens is 933 g/mol. The number of piperidine rings is 1. The fraction of sp³-hybridized carbons (Fsp3) is 0.574. The second kappa shape index (κ2) is 21.8. The largest absolute Gasteiger partial charge is 0.464 e. The van der Waals surface area contributed by atoms with Crippen LogP contribution >= 0.6 is 11.3 Å². The van der Waals surface area contributed by atoms with Crippen molar-refractivity contribution in [3.63, 3.8) is 0 Å². The maximum absolute atomic E-state index is 14.7. The number of thiazole rings is 1. The molecule has 0 aliphatic carbocycles. The van der Waals surface area contributed by atoms with Gasteiger partial charge in [0, 0.05) is 117 Å². The number of fused-ring (bicyclic) bond motifs is 6. The Labute approximate surface area is 428 Å². The minimum Gasteiger partial charge on any atom is -0.464 e. The first kappa shape index (κ1) is 52.6. The number of carbonyl (C=O) groups excluding carboxylic acids is 5. The average molecular weight is 1010 g/mol. The van der Waals surface area contributed by atoms with E-state index in [1.165, 1.54) is 21.2 Å². The molecule has 0 radical (unpaired) electrons. The molecule has 8 rings (SSSR count). The predicted octanol–water partition coefficient (Wildman–Crippen LogP) is 6.32. The highest BCUT2D eigenvalue weighted by Gasteiger charge is 2.48. The number of nitrogens with zero attached hydrogens (tertiary/aromatic N) is 8. The Bertz CT molecular complexity index is 2680. The number of amides is 5. The number of pyridine rings is 1. The Morgan fingerprint density at radius 1 is 1.06 bits per heavy atom. The van der Waals surface area contributed by atoms with Gasteiger partial charge in [0.05, 0.1) is 34.8 Å². The van der Waals surface area contributed by atoms with Crippen molar-refractivity contribution in [1.82, 2.24) is 49.9 Å². The molecule has 4 aromatic rings. The molecule has 1 spiro atoms. The summed E-state index contributed by atoms with van der Waals surface area (Å²) in [5.41, 5.74) is 9.31. The molecule has 3 aromatic heterocycles. The minimum atomic E-state index is -1.07. The zero-order chi connectivity index (χ0) is 51.6. The van der Waals surface area contributed by atoms with Gasteiger partial charge in [-0.15, -0.1) is 11.3 Å². The third kappa shape index (κ3) is 11.1. The predicted molar refractivity (Wildman–Crippen MR) is 279 cm³/mol. The van der Waals surface area contributed by atoms with E-state index in [4.69, 9.17) is 19.4 Å². The van der Waals surface area contributed by atoms with Gasteiger partial charge in [-0.3, -0.25) is 29.2 Å². The number of likely N-dealkylation sites (N-methyl/N-ethyl adjacent to an activating group) is 2. The summed E-state index contributed by atoms with van der Waals surface area (Å²) in [5.74, 6) is -1.60. The first-order valence-corrected chi connectivity index (χ1v) is 26.4. The van der Waals surface area contributed by atoms with Crippen molar-refractivity contribution in [1.29, 1.82) is 0 Å². The molecule has 1 unspecified atom stereocenters. The van der Waals surface area contributed by atoms with Crippen LogP contribution in [0.1, 0.15) is 89.6 Å². The molecule has 4 atom stereocenters. The van der Waals surface area contributed by atoms with E-state index >= 15 is 0 Å². The van der Waals surface area contributed by atoms with Gasteiger partial charge < -0.3 is 39.0 Å². The standard InChI is InChI=1S/C54H74N10O7S/c1-11-63-43-19-18-36-27-38(43)39(48(63)37-15-12-22-55-46(37)35(4)70-10)29-53(5,6)33-71-51(68)40-16-13-24-64(58-40)50(67)41(28-44-56-42(36)30-72-44)57-49(66)47(34(2)3)60(9)52(69)61-25-20-54(21-26-61)31-62(32-54)45(65)17-14-23-59(7)8/h12,14-15,17-19,22,27,30,34-35,40-41,47,58H,11,13,16,20-21,23-26,28-29,31-33H2,1-10H3,(H,57,66)/b17-14+/t35-,40-,41-,47?/m0/s1. The molecule has 4 aliphatic heterocycles. The molecule has 3 saturated heterocycles. The summed E-state index contributed by atoms with van der Waals surface area (Å²) < 4.78 is 14.3. The van der Waals surface area contributed by atoms with E-state index < -0.39 is 41.3 Å². The second-order valence-corrected chi connectivity index (χ2v) is 22.6. The van der Waals surface area contributed by atoms with Crippen LogP contribution in [-0.2, 0) is 48.0 Å². The van der Waals surface area contributed by atoms with Crippen LogP contribution in [-0.4, -0.2) is 161 Å². The number of cyclic esters (lactones) is 1. The van der Waals surface area contributed by atoms with Crippen LogP contribution in [0.2, 0.25) is 0 Å². The number of esters is 1. The molecule has 1 aromatic carbocycles. The Hall–Kier alpha value is -5.69. The first-order valence-electron chi connectivity index (χ1n) is 25.6. The fourth-order valence-corrected chi connectivity index (χ4v) is 11.8. The van der Waals surface area contributed by atoms with E-state index in [0.717, 1.165) is 57.5 Å². The maximum Gasteiger partial charge on any atom is 0.324 e. The molecule has 7 heterocycles. The van der Waals surface area contributed by atoms with Crippen LogP contribution < -0.4 is 10.7 Å². The molecule has 0 saturated carbocycles. The highest BCUT2D eigenvalue weighted by atomic mass is 32.1. The normalized spacial score (nSPS) is 21.2. The van der Waals surface area contributed by atoms with E-state index in [9.17, 15) is 24.0 Å². The maximum atomic E-state index is 14.7. The summed E-state index contributed by atoms with van der Waals surface area (Å²) in [4.78, 5) is 87.4.